The van der Waals surface area contributed by atoms with Crippen molar-refractivity contribution in [3.63, 3.8) is 0 Å². The monoisotopic (exact) mass is 378 g/mol. The molecule has 3 nitrogen and oxygen atoms in total. The summed E-state index contributed by atoms with van der Waals surface area (Å²) in [6, 6.07) is 15.9. The Balaban J connectivity index is 0.00000225. The molecule has 1 amide bonds. The van der Waals surface area contributed by atoms with Crippen LogP contribution in [-0.4, -0.2) is 48.4 Å². The highest BCUT2D eigenvalue weighted by Crippen LogP contribution is 2.14. The van der Waals surface area contributed by atoms with Gasteiger partial charge in [-0.05, 0) is 42.7 Å². The van der Waals surface area contributed by atoms with E-state index in [9.17, 15) is 4.79 Å². The highest BCUT2D eigenvalue weighted by molar-refractivity contribution is 6.30. The second-order valence-corrected chi connectivity index (χ2v) is 6.76. The third-order valence-electron chi connectivity index (χ3n) is 4.66. The molecule has 2 aromatic rings. The summed E-state index contributed by atoms with van der Waals surface area (Å²) in [5, 5.41) is 0.780. The minimum Gasteiger partial charge on any atom is -0.336 e. The van der Waals surface area contributed by atoms with Gasteiger partial charge >= 0.3 is 0 Å². The van der Waals surface area contributed by atoms with Gasteiger partial charge in [0, 0.05) is 43.3 Å². The lowest BCUT2D eigenvalue weighted by Crippen LogP contribution is -2.49. The second kappa shape index (κ2) is 9.23. The molecule has 1 aliphatic heterocycles. The Hall–Kier alpha value is -1.55. The van der Waals surface area contributed by atoms with Crippen molar-refractivity contribution in [1.29, 1.82) is 0 Å². The molecule has 134 valence electrons. The minimum absolute atomic E-state index is 0. The number of hydrogen-bond acceptors (Lipinski definition) is 2. The maximum absolute atomic E-state index is 12.6. The molecule has 0 aromatic heterocycles. The van der Waals surface area contributed by atoms with Crippen LogP contribution >= 0.6 is 24.0 Å². The molecule has 5 heteroatoms. The molecule has 0 unspecified atom stereocenters. The van der Waals surface area contributed by atoms with E-state index in [1.54, 1.807) is 0 Å². The SMILES string of the molecule is Cc1ccccc1C(=O)N1CCN(CCc2ccc(Cl)cc2)CC1.Cl. The summed E-state index contributed by atoms with van der Waals surface area (Å²) in [4.78, 5) is 17.0. The fourth-order valence-corrected chi connectivity index (χ4v) is 3.22. The van der Waals surface area contributed by atoms with Crippen molar-refractivity contribution >= 4 is 29.9 Å². The molecule has 3 rings (SSSR count). The summed E-state index contributed by atoms with van der Waals surface area (Å²) >= 11 is 5.92. The predicted octanol–water partition coefficient (Wildman–Crippen LogP) is 4.07. The van der Waals surface area contributed by atoms with Gasteiger partial charge in [-0.15, -0.1) is 12.4 Å². The summed E-state index contributed by atoms with van der Waals surface area (Å²) in [5.74, 6) is 0.158. The normalized spacial score (nSPS) is 14.9. The van der Waals surface area contributed by atoms with E-state index in [1.807, 2.05) is 48.2 Å². The maximum atomic E-state index is 12.6. The summed E-state index contributed by atoms with van der Waals surface area (Å²) in [6.07, 6.45) is 1.02. The van der Waals surface area contributed by atoms with E-state index in [1.165, 1.54) is 5.56 Å². The van der Waals surface area contributed by atoms with Gasteiger partial charge in [0.05, 0.1) is 0 Å². The van der Waals surface area contributed by atoms with Crippen LogP contribution in [0.4, 0.5) is 0 Å². The van der Waals surface area contributed by atoms with Crippen molar-refractivity contribution in [1.82, 2.24) is 9.80 Å². The van der Waals surface area contributed by atoms with Crippen LogP contribution in [0, 0.1) is 6.92 Å². The van der Waals surface area contributed by atoms with Gasteiger partial charge in [-0.25, -0.2) is 0 Å². The summed E-state index contributed by atoms with van der Waals surface area (Å²) in [5.41, 5.74) is 3.18. The first-order valence-electron chi connectivity index (χ1n) is 8.45. The molecule has 0 bridgehead atoms. The number of hydrogen-bond donors (Lipinski definition) is 0. The second-order valence-electron chi connectivity index (χ2n) is 6.33. The Labute approximate surface area is 161 Å². The van der Waals surface area contributed by atoms with Gasteiger partial charge in [0.1, 0.15) is 0 Å². The van der Waals surface area contributed by atoms with Crippen molar-refractivity contribution in [2.45, 2.75) is 13.3 Å². The van der Waals surface area contributed by atoms with Gasteiger partial charge < -0.3 is 4.90 Å². The number of carbonyl (C=O) groups excluding carboxylic acids is 1. The van der Waals surface area contributed by atoms with Crippen molar-refractivity contribution in [2.75, 3.05) is 32.7 Å². The van der Waals surface area contributed by atoms with E-state index >= 15 is 0 Å². The van der Waals surface area contributed by atoms with Gasteiger partial charge in [-0.1, -0.05) is 41.9 Å². The lowest BCUT2D eigenvalue weighted by atomic mass is 10.1. The summed E-state index contributed by atoms with van der Waals surface area (Å²) in [6.45, 7) is 6.49. The first-order valence-corrected chi connectivity index (χ1v) is 8.83. The van der Waals surface area contributed by atoms with Gasteiger partial charge in [0.2, 0.25) is 0 Å². The smallest absolute Gasteiger partial charge is 0.254 e. The molecule has 0 spiro atoms. The number of amides is 1. The Bertz CT molecular complexity index is 695. The molecule has 1 aliphatic rings. The predicted molar refractivity (Wildman–Crippen MR) is 106 cm³/mol. The average molecular weight is 379 g/mol. The topological polar surface area (TPSA) is 23.6 Å². The molecule has 0 N–H and O–H groups in total. The Kier molecular flexibility index (Phi) is 7.30. The number of nitrogens with zero attached hydrogens (tertiary/aromatic N) is 2. The van der Waals surface area contributed by atoms with Gasteiger partial charge in [-0.2, -0.15) is 0 Å². The van der Waals surface area contributed by atoms with Crippen LogP contribution in [0.5, 0.6) is 0 Å². The molecule has 1 heterocycles. The highest BCUT2D eigenvalue weighted by Gasteiger charge is 2.22. The Morgan fingerprint density at radius 1 is 1.00 bits per heavy atom. The summed E-state index contributed by atoms with van der Waals surface area (Å²) < 4.78 is 0. The minimum atomic E-state index is 0. The third kappa shape index (κ3) is 5.21. The van der Waals surface area contributed by atoms with E-state index in [4.69, 9.17) is 11.6 Å². The number of piperazine rings is 1. The number of carbonyl (C=O) groups is 1. The van der Waals surface area contributed by atoms with Crippen molar-refractivity contribution in [3.8, 4) is 0 Å². The zero-order chi connectivity index (χ0) is 16.9. The van der Waals surface area contributed by atoms with E-state index in [2.05, 4.69) is 17.0 Å². The zero-order valence-corrected chi connectivity index (χ0v) is 16.0. The molecule has 0 aliphatic carbocycles. The third-order valence-corrected chi connectivity index (χ3v) is 4.92. The molecule has 2 aromatic carbocycles. The lowest BCUT2D eigenvalue weighted by molar-refractivity contribution is 0.0638. The Morgan fingerprint density at radius 3 is 2.28 bits per heavy atom. The largest absolute Gasteiger partial charge is 0.336 e. The number of benzene rings is 2. The number of aryl methyl sites for hydroxylation is 1. The van der Waals surface area contributed by atoms with E-state index < -0.39 is 0 Å². The lowest BCUT2D eigenvalue weighted by Gasteiger charge is -2.35. The molecular weight excluding hydrogens is 355 g/mol. The summed E-state index contributed by atoms with van der Waals surface area (Å²) in [7, 11) is 0. The van der Waals surface area contributed by atoms with Crippen LogP contribution in [0.3, 0.4) is 0 Å². The van der Waals surface area contributed by atoms with E-state index in [0.29, 0.717) is 0 Å². The van der Waals surface area contributed by atoms with Crippen LogP contribution in [0.2, 0.25) is 5.02 Å². The maximum Gasteiger partial charge on any atom is 0.254 e. The van der Waals surface area contributed by atoms with Crippen molar-refractivity contribution in [2.24, 2.45) is 0 Å². The number of rotatable bonds is 4. The highest BCUT2D eigenvalue weighted by atomic mass is 35.5. The molecule has 25 heavy (non-hydrogen) atoms. The van der Waals surface area contributed by atoms with Crippen LogP contribution in [0.1, 0.15) is 21.5 Å². The van der Waals surface area contributed by atoms with Gasteiger partial charge in [-0.3, -0.25) is 9.69 Å². The first kappa shape index (κ1) is 19.8. The zero-order valence-electron chi connectivity index (χ0n) is 14.5. The van der Waals surface area contributed by atoms with E-state index in [0.717, 1.165) is 55.3 Å². The standard InChI is InChI=1S/C20H23ClN2O.ClH/c1-16-4-2-3-5-19(16)20(24)23-14-12-22(13-15-23)11-10-17-6-8-18(21)9-7-17;/h2-9H,10-15H2,1H3;1H. The van der Waals surface area contributed by atoms with Crippen LogP contribution < -0.4 is 0 Å². The first-order chi connectivity index (χ1) is 11.6. The molecular formula is C20H24Cl2N2O. The Morgan fingerprint density at radius 2 is 1.64 bits per heavy atom. The molecule has 0 saturated carbocycles. The fourth-order valence-electron chi connectivity index (χ4n) is 3.10. The average Bonchev–Trinajstić information content (AvgIpc) is 2.61. The molecule has 1 fully saturated rings. The van der Waals surface area contributed by atoms with E-state index in [-0.39, 0.29) is 18.3 Å². The van der Waals surface area contributed by atoms with Gasteiger partial charge in [0.15, 0.2) is 0 Å². The van der Waals surface area contributed by atoms with Crippen molar-refractivity contribution < 1.29 is 4.79 Å². The molecule has 1 saturated heterocycles. The van der Waals surface area contributed by atoms with Crippen LogP contribution in [0.25, 0.3) is 0 Å². The van der Waals surface area contributed by atoms with Crippen LogP contribution in [0.15, 0.2) is 48.5 Å². The quantitative estimate of drug-likeness (QED) is 0.800. The molecule has 0 atom stereocenters. The molecule has 0 radical (unpaired) electrons. The number of halogens is 2. The van der Waals surface area contributed by atoms with Crippen molar-refractivity contribution in [3.05, 3.63) is 70.2 Å². The van der Waals surface area contributed by atoms with Gasteiger partial charge in [0.25, 0.3) is 5.91 Å². The van der Waals surface area contributed by atoms with Crippen LogP contribution in [-0.2, 0) is 6.42 Å². The fraction of sp³-hybridized carbons (Fsp3) is 0.350.